The van der Waals surface area contributed by atoms with Gasteiger partial charge in [0.25, 0.3) is 5.91 Å². The van der Waals surface area contributed by atoms with E-state index in [4.69, 9.17) is 17.3 Å². The number of amides is 1. The SMILES string of the molecule is N[C@H]1CCc2nc(NC(=O)c3ccccc3Cl)sc2C1. The van der Waals surface area contributed by atoms with Crippen molar-refractivity contribution < 1.29 is 4.79 Å². The predicted octanol–water partition coefficient (Wildman–Crippen LogP) is 2.86. The number of carbonyl (C=O) groups is 1. The highest BCUT2D eigenvalue weighted by Gasteiger charge is 2.21. The lowest BCUT2D eigenvalue weighted by Crippen LogP contribution is -2.27. The second-order valence-corrected chi connectivity index (χ2v) is 6.32. The molecule has 4 nitrogen and oxygen atoms in total. The van der Waals surface area contributed by atoms with Crippen LogP contribution in [0.25, 0.3) is 0 Å². The van der Waals surface area contributed by atoms with Gasteiger partial charge in [0, 0.05) is 10.9 Å². The molecule has 3 N–H and O–H groups in total. The lowest BCUT2D eigenvalue weighted by atomic mass is 9.99. The highest BCUT2D eigenvalue weighted by molar-refractivity contribution is 7.15. The standard InChI is InChI=1S/C14H14ClN3OS/c15-10-4-2-1-3-9(10)13(19)18-14-17-11-6-5-8(16)7-12(11)20-14/h1-4,8H,5-7,16H2,(H,17,18,19)/t8-/m0/s1. The fourth-order valence-electron chi connectivity index (χ4n) is 2.26. The molecular formula is C14H14ClN3OS. The number of aromatic nitrogens is 1. The molecule has 6 heteroatoms. The van der Waals surface area contributed by atoms with Crippen LogP contribution in [0.4, 0.5) is 5.13 Å². The molecule has 0 unspecified atom stereocenters. The molecule has 1 heterocycles. The lowest BCUT2D eigenvalue weighted by Gasteiger charge is -2.15. The van der Waals surface area contributed by atoms with E-state index >= 15 is 0 Å². The number of aryl methyl sites for hydroxylation is 1. The molecule has 1 amide bonds. The maximum Gasteiger partial charge on any atom is 0.258 e. The Labute approximate surface area is 126 Å². The molecule has 3 rings (SSSR count). The number of thiazole rings is 1. The van der Waals surface area contributed by atoms with E-state index in [0.29, 0.717) is 15.7 Å². The highest BCUT2D eigenvalue weighted by atomic mass is 35.5. The second-order valence-electron chi connectivity index (χ2n) is 4.83. The van der Waals surface area contributed by atoms with Crippen molar-refractivity contribution in [3.63, 3.8) is 0 Å². The number of benzene rings is 1. The molecule has 1 aliphatic rings. The van der Waals surface area contributed by atoms with Gasteiger partial charge in [-0.3, -0.25) is 10.1 Å². The zero-order valence-electron chi connectivity index (χ0n) is 10.7. The largest absolute Gasteiger partial charge is 0.327 e. The molecule has 1 atom stereocenters. The van der Waals surface area contributed by atoms with Gasteiger partial charge in [-0.25, -0.2) is 4.98 Å². The Morgan fingerprint density at radius 1 is 1.45 bits per heavy atom. The zero-order valence-corrected chi connectivity index (χ0v) is 12.3. The van der Waals surface area contributed by atoms with Gasteiger partial charge in [0.05, 0.1) is 16.3 Å². The molecular weight excluding hydrogens is 294 g/mol. The van der Waals surface area contributed by atoms with E-state index in [2.05, 4.69) is 10.3 Å². The Hall–Kier alpha value is -1.43. The zero-order chi connectivity index (χ0) is 14.1. The van der Waals surface area contributed by atoms with E-state index in [1.807, 2.05) is 0 Å². The Morgan fingerprint density at radius 3 is 3.05 bits per heavy atom. The minimum atomic E-state index is -0.231. The summed E-state index contributed by atoms with van der Waals surface area (Å²) in [5.41, 5.74) is 7.46. The second kappa shape index (κ2) is 5.52. The van der Waals surface area contributed by atoms with Crippen LogP contribution >= 0.6 is 22.9 Å². The summed E-state index contributed by atoms with van der Waals surface area (Å²) in [5.74, 6) is -0.231. The molecule has 0 radical (unpaired) electrons. The minimum absolute atomic E-state index is 0.204. The average Bonchev–Trinajstić information content (AvgIpc) is 2.80. The lowest BCUT2D eigenvalue weighted by molar-refractivity contribution is 0.102. The molecule has 1 aliphatic carbocycles. The molecule has 1 aromatic heterocycles. The van der Waals surface area contributed by atoms with Crippen LogP contribution < -0.4 is 11.1 Å². The van der Waals surface area contributed by atoms with Gasteiger partial charge in [-0.15, -0.1) is 11.3 Å². The van der Waals surface area contributed by atoms with E-state index < -0.39 is 0 Å². The summed E-state index contributed by atoms with van der Waals surface area (Å²) in [5, 5.41) is 3.87. The molecule has 0 saturated heterocycles. The van der Waals surface area contributed by atoms with Crippen LogP contribution in [0.1, 0.15) is 27.3 Å². The normalized spacial score (nSPS) is 17.6. The van der Waals surface area contributed by atoms with Crippen LogP contribution in [0.3, 0.4) is 0 Å². The Bertz CT molecular complexity index is 656. The fraction of sp³-hybridized carbons (Fsp3) is 0.286. The summed E-state index contributed by atoms with van der Waals surface area (Å²) < 4.78 is 0. The third-order valence-electron chi connectivity index (χ3n) is 3.32. The number of fused-ring (bicyclic) bond motifs is 1. The summed E-state index contributed by atoms with van der Waals surface area (Å²) in [6, 6.07) is 7.17. The molecule has 0 aliphatic heterocycles. The number of carbonyl (C=O) groups excluding carboxylic acids is 1. The fourth-order valence-corrected chi connectivity index (χ4v) is 3.58. The van der Waals surface area contributed by atoms with Crippen LogP contribution in [0.5, 0.6) is 0 Å². The number of hydrogen-bond acceptors (Lipinski definition) is 4. The number of hydrogen-bond donors (Lipinski definition) is 2. The van der Waals surface area contributed by atoms with Crippen molar-refractivity contribution in [1.29, 1.82) is 0 Å². The Kier molecular flexibility index (Phi) is 3.74. The number of nitrogens with zero attached hydrogens (tertiary/aromatic N) is 1. The van der Waals surface area contributed by atoms with Gasteiger partial charge < -0.3 is 5.73 Å². The van der Waals surface area contributed by atoms with Gasteiger partial charge in [0.2, 0.25) is 0 Å². The minimum Gasteiger partial charge on any atom is -0.327 e. The van der Waals surface area contributed by atoms with Crippen molar-refractivity contribution in [3.05, 3.63) is 45.4 Å². The molecule has 2 aromatic rings. The van der Waals surface area contributed by atoms with E-state index in [9.17, 15) is 4.79 Å². The maximum atomic E-state index is 12.2. The van der Waals surface area contributed by atoms with Gasteiger partial charge in [-0.2, -0.15) is 0 Å². The number of nitrogens with two attached hydrogens (primary N) is 1. The number of nitrogens with one attached hydrogen (secondary N) is 1. The van der Waals surface area contributed by atoms with Crippen molar-refractivity contribution >= 4 is 34.0 Å². The first-order valence-electron chi connectivity index (χ1n) is 6.43. The van der Waals surface area contributed by atoms with Crippen molar-refractivity contribution in [2.75, 3.05) is 5.32 Å². The molecule has 0 fully saturated rings. The van der Waals surface area contributed by atoms with Gasteiger partial charge in [0.15, 0.2) is 5.13 Å². The summed E-state index contributed by atoms with van der Waals surface area (Å²) >= 11 is 7.51. The van der Waals surface area contributed by atoms with Crippen molar-refractivity contribution in [3.8, 4) is 0 Å². The van der Waals surface area contributed by atoms with Crippen molar-refractivity contribution in [2.24, 2.45) is 5.73 Å². The monoisotopic (exact) mass is 307 g/mol. The topological polar surface area (TPSA) is 68.0 Å². The van der Waals surface area contributed by atoms with Crippen LogP contribution in [0, 0.1) is 0 Å². The molecule has 20 heavy (non-hydrogen) atoms. The first-order chi connectivity index (χ1) is 9.63. The molecule has 0 saturated carbocycles. The third kappa shape index (κ3) is 2.70. The van der Waals surface area contributed by atoms with E-state index in [-0.39, 0.29) is 11.9 Å². The van der Waals surface area contributed by atoms with Crippen LogP contribution in [0.15, 0.2) is 24.3 Å². The van der Waals surface area contributed by atoms with E-state index in [1.54, 1.807) is 24.3 Å². The van der Waals surface area contributed by atoms with Crippen molar-refractivity contribution in [1.82, 2.24) is 4.98 Å². The Morgan fingerprint density at radius 2 is 2.25 bits per heavy atom. The molecule has 0 bridgehead atoms. The number of anilines is 1. The quantitative estimate of drug-likeness (QED) is 0.896. The first kappa shape index (κ1) is 13.5. The van der Waals surface area contributed by atoms with Gasteiger partial charge in [0.1, 0.15) is 0 Å². The van der Waals surface area contributed by atoms with Crippen LogP contribution in [0.2, 0.25) is 5.02 Å². The number of rotatable bonds is 2. The van der Waals surface area contributed by atoms with Gasteiger partial charge in [-0.1, -0.05) is 23.7 Å². The average molecular weight is 308 g/mol. The summed E-state index contributed by atoms with van der Waals surface area (Å²) in [6.45, 7) is 0. The maximum absolute atomic E-state index is 12.2. The smallest absolute Gasteiger partial charge is 0.258 e. The van der Waals surface area contributed by atoms with Gasteiger partial charge in [-0.05, 0) is 31.4 Å². The summed E-state index contributed by atoms with van der Waals surface area (Å²) in [6.07, 6.45) is 2.68. The van der Waals surface area contributed by atoms with Crippen molar-refractivity contribution in [2.45, 2.75) is 25.3 Å². The van der Waals surface area contributed by atoms with E-state index in [0.717, 1.165) is 25.0 Å². The third-order valence-corrected chi connectivity index (χ3v) is 4.68. The number of halogens is 1. The molecule has 1 aromatic carbocycles. The van der Waals surface area contributed by atoms with Crippen LogP contribution in [-0.4, -0.2) is 16.9 Å². The van der Waals surface area contributed by atoms with Crippen LogP contribution in [-0.2, 0) is 12.8 Å². The Balaban J connectivity index is 1.79. The predicted molar refractivity (Wildman–Crippen MR) is 81.5 cm³/mol. The summed E-state index contributed by atoms with van der Waals surface area (Å²) in [7, 11) is 0. The summed E-state index contributed by atoms with van der Waals surface area (Å²) in [4.78, 5) is 17.8. The highest BCUT2D eigenvalue weighted by Crippen LogP contribution is 2.29. The molecule has 104 valence electrons. The molecule has 0 spiro atoms. The van der Waals surface area contributed by atoms with E-state index in [1.165, 1.54) is 16.2 Å². The van der Waals surface area contributed by atoms with Gasteiger partial charge >= 0.3 is 0 Å². The first-order valence-corrected chi connectivity index (χ1v) is 7.63.